The third-order valence-corrected chi connectivity index (χ3v) is 4.28. The Morgan fingerprint density at radius 2 is 2.16 bits per heavy atom. The zero-order valence-corrected chi connectivity index (χ0v) is 14.9. The first-order valence-electron chi connectivity index (χ1n) is 8.89. The van der Waals surface area contributed by atoms with Gasteiger partial charge >= 0.3 is 0 Å². The predicted octanol–water partition coefficient (Wildman–Crippen LogP) is 2.98. The van der Waals surface area contributed by atoms with Gasteiger partial charge < -0.3 is 15.4 Å². The normalized spacial score (nSPS) is 17.6. The van der Waals surface area contributed by atoms with E-state index >= 15 is 0 Å². The summed E-state index contributed by atoms with van der Waals surface area (Å²) >= 11 is 0. The van der Waals surface area contributed by atoms with Crippen LogP contribution in [-0.2, 0) is 11.3 Å². The lowest BCUT2D eigenvalue weighted by atomic mass is 10.1. The summed E-state index contributed by atoms with van der Waals surface area (Å²) in [4.78, 5) is 12.4. The molecule has 2 aromatic rings. The second kappa shape index (κ2) is 8.27. The van der Waals surface area contributed by atoms with E-state index in [4.69, 9.17) is 4.74 Å². The van der Waals surface area contributed by atoms with Crippen molar-refractivity contribution in [3.8, 4) is 0 Å². The number of benzene rings is 1. The van der Waals surface area contributed by atoms with Gasteiger partial charge in [-0.2, -0.15) is 5.10 Å². The molecule has 0 radical (unpaired) electrons. The molecule has 0 spiro atoms. The number of hydrogen-bond donors (Lipinski definition) is 2. The molecule has 1 aromatic heterocycles. The standard InChI is InChI=1S/C19H26N4O2/c1-14(2)25-13-15-5-7-16(8-6-15)21-19(24)18-9-11-23(22-18)17-4-3-10-20-12-17/h5-9,11,14,17,20H,3-4,10,12-13H2,1-2H3,(H,21,24). The Labute approximate surface area is 148 Å². The molecule has 6 heteroatoms. The topological polar surface area (TPSA) is 68.2 Å². The number of nitrogens with one attached hydrogen (secondary N) is 2. The van der Waals surface area contributed by atoms with Crippen LogP contribution in [0.2, 0.25) is 0 Å². The van der Waals surface area contributed by atoms with E-state index in [1.807, 2.05) is 49.0 Å². The van der Waals surface area contributed by atoms with Crippen molar-refractivity contribution >= 4 is 11.6 Å². The summed E-state index contributed by atoms with van der Waals surface area (Å²) in [6, 6.07) is 9.80. The number of ether oxygens (including phenoxy) is 1. The number of hydrogen-bond acceptors (Lipinski definition) is 4. The van der Waals surface area contributed by atoms with E-state index in [2.05, 4.69) is 15.7 Å². The molecule has 6 nitrogen and oxygen atoms in total. The fourth-order valence-corrected chi connectivity index (χ4v) is 2.86. The van der Waals surface area contributed by atoms with Crippen LogP contribution in [0.5, 0.6) is 0 Å². The Bertz CT molecular complexity index is 688. The third kappa shape index (κ3) is 4.90. The van der Waals surface area contributed by atoms with E-state index in [0.29, 0.717) is 18.3 Å². The summed E-state index contributed by atoms with van der Waals surface area (Å²) in [7, 11) is 0. The van der Waals surface area contributed by atoms with Crippen LogP contribution in [0.15, 0.2) is 36.5 Å². The monoisotopic (exact) mass is 342 g/mol. The molecule has 1 fully saturated rings. The van der Waals surface area contributed by atoms with Gasteiger partial charge in [-0.25, -0.2) is 0 Å². The van der Waals surface area contributed by atoms with Crippen molar-refractivity contribution in [1.82, 2.24) is 15.1 Å². The summed E-state index contributed by atoms with van der Waals surface area (Å²) < 4.78 is 7.47. The molecular formula is C19H26N4O2. The van der Waals surface area contributed by atoms with Gasteiger partial charge in [-0.1, -0.05) is 12.1 Å². The van der Waals surface area contributed by atoms with E-state index in [1.54, 1.807) is 6.07 Å². The summed E-state index contributed by atoms with van der Waals surface area (Å²) in [5.74, 6) is -0.186. The molecule has 1 aliphatic rings. The van der Waals surface area contributed by atoms with E-state index in [0.717, 1.165) is 37.2 Å². The highest BCUT2D eigenvalue weighted by atomic mass is 16.5. The minimum Gasteiger partial charge on any atom is -0.374 e. The molecule has 0 bridgehead atoms. The zero-order chi connectivity index (χ0) is 17.6. The molecule has 1 aromatic carbocycles. The maximum absolute atomic E-state index is 12.4. The molecule has 3 rings (SSSR count). The van der Waals surface area contributed by atoms with E-state index in [9.17, 15) is 4.79 Å². The third-order valence-electron chi connectivity index (χ3n) is 4.28. The number of amides is 1. The van der Waals surface area contributed by atoms with Gasteiger partial charge in [-0.15, -0.1) is 0 Å². The van der Waals surface area contributed by atoms with Gasteiger partial charge in [0.2, 0.25) is 0 Å². The Morgan fingerprint density at radius 3 is 2.84 bits per heavy atom. The van der Waals surface area contributed by atoms with Crippen molar-refractivity contribution in [2.24, 2.45) is 0 Å². The van der Waals surface area contributed by atoms with Crippen LogP contribution in [0.4, 0.5) is 5.69 Å². The lowest BCUT2D eigenvalue weighted by Gasteiger charge is -2.22. The number of anilines is 1. The average molecular weight is 342 g/mol. The molecule has 1 atom stereocenters. The lowest BCUT2D eigenvalue weighted by Crippen LogP contribution is -2.32. The Morgan fingerprint density at radius 1 is 1.36 bits per heavy atom. The summed E-state index contributed by atoms with van der Waals surface area (Å²) in [5, 5.41) is 10.7. The molecule has 0 saturated carbocycles. The second-order valence-electron chi connectivity index (χ2n) is 6.69. The summed E-state index contributed by atoms with van der Waals surface area (Å²) in [5.41, 5.74) is 2.28. The van der Waals surface area contributed by atoms with Crippen molar-refractivity contribution in [3.05, 3.63) is 47.8 Å². The van der Waals surface area contributed by atoms with E-state index < -0.39 is 0 Å². The SMILES string of the molecule is CC(C)OCc1ccc(NC(=O)c2ccn(C3CCCNC3)n2)cc1. The van der Waals surface area contributed by atoms with Gasteiger partial charge in [0.15, 0.2) is 5.69 Å². The molecule has 2 N–H and O–H groups in total. The van der Waals surface area contributed by atoms with Gasteiger partial charge in [0.1, 0.15) is 0 Å². The fraction of sp³-hybridized carbons (Fsp3) is 0.474. The second-order valence-corrected chi connectivity index (χ2v) is 6.69. The number of piperidine rings is 1. The number of rotatable bonds is 6. The Kier molecular flexibility index (Phi) is 5.83. The first kappa shape index (κ1) is 17.6. The molecule has 1 aliphatic heterocycles. The molecule has 134 valence electrons. The lowest BCUT2D eigenvalue weighted by molar-refractivity contribution is 0.0657. The zero-order valence-electron chi connectivity index (χ0n) is 14.9. The first-order valence-corrected chi connectivity index (χ1v) is 8.89. The highest BCUT2D eigenvalue weighted by Gasteiger charge is 2.17. The molecule has 1 amide bonds. The smallest absolute Gasteiger partial charge is 0.276 e. The summed E-state index contributed by atoms with van der Waals surface area (Å²) in [6.07, 6.45) is 4.32. The van der Waals surface area contributed by atoms with Crippen molar-refractivity contribution < 1.29 is 9.53 Å². The highest BCUT2D eigenvalue weighted by molar-refractivity contribution is 6.02. The van der Waals surface area contributed by atoms with Gasteiger partial charge in [-0.05, 0) is 57.0 Å². The number of aromatic nitrogens is 2. The van der Waals surface area contributed by atoms with E-state index in [-0.39, 0.29) is 12.0 Å². The molecule has 25 heavy (non-hydrogen) atoms. The van der Waals surface area contributed by atoms with Gasteiger partial charge in [-0.3, -0.25) is 9.48 Å². The van der Waals surface area contributed by atoms with Crippen LogP contribution < -0.4 is 10.6 Å². The van der Waals surface area contributed by atoms with Crippen LogP contribution in [0.25, 0.3) is 0 Å². The minimum absolute atomic E-state index is 0.186. The van der Waals surface area contributed by atoms with Crippen molar-refractivity contribution in [2.45, 2.75) is 45.4 Å². The Hall–Kier alpha value is -2.18. The molecule has 1 saturated heterocycles. The molecule has 1 unspecified atom stereocenters. The Balaban J connectivity index is 1.57. The molecular weight excluding hydrogens is 316 g/mol. The molecule has 0 aliphatic carbocycles. The van der Waals surface area contributed by atoms with Gasteiger partial charge in [0, 0.05) is 18.4 Å². The average Bonchev–Trinajstić information content (AvgIpc) is 3.12. The van der Waals surface area contributed by atoms with Crippen LogP contribution >= 0.6 is 0 Å². The maximum atomic E-state index is 12.4. The minimum atomic E-state index is -0.186. The molecule has 2 heterocycles. The van der Waals surface area contributed by atoms with Gasteiger partial charge in [0.25, 0.3) is 5.91 Å². The maximum Gasteiger partial charge on any atom is 0.276 e. The van der Waals surface area contributed by atoms with Crippen molar-refractivity contribution in [3.63, 3.8) is 0 Å². The van der Waals surface area contributed by atoms with Crippen LogP contribution in [0, 0.1) is 0 Å². The highest BCUT2D eigenvalue weighted by Crippen LogP contribution is 2.17. The number of carbonyl (C=O) groups excluding carboxylic acids is 1. The quantitative estimate of drug-likeness (QED) is 0.847. The predicted molar refractivity (Wildman–Crippen MR) is 97.7 cm³/mol. The van der Waals surface area contributed by atoms with Crippen LogP contribution in [0.1, 0.15) is 48.8 Å². The van der Waals surface area contributed by atoms with Gasteiger partial charge in [0.05, 0.1) is 18.8 Å². The van der Waals surface area contributed by atoms with Crippen LogP contribution in [-0.4, -0.2) is 34.9 Å². The number of carbonyl (C=O) groups is 1. The van der Waals surface area contributed by atoms with Crippen molar-refractivity contribution in [1.29, 1.82) is 0 Å². The van der Waals surface area contributed by atoms with Crippen LogP contribution in [0.3, 0.4) is 0 Å². The number of nitrogens with zero attached hydrogens (tertiary/aromatic N) is 2. The van der Waals surface area contributed by atoms with E-state index in [1.165, 1.54) is 0 Å². The first-order chi connectivity index (χ1) is 12.1. The van der Waals surface area contributed by atoms with Crippen molar-refractivity contribution in [2.75, 3.05) is 18.4 Å². The summed E-state index contributed by atoms with van der Waals surface area (Å²) in [6.45, 7) is 6.56. The fourth-order valence-electron chi connectivity index (χ4n) is 2.86. The largest absolute Gasteiger partial charge is 0.374 e.